The van der Waals surface area contributed by atoms with Gasteiger partial charge in [0.15, 0.2) is 0 Å². The number of benzene rings is 1. The molecule has 2 rings (SSSR count). The van der Waals surface area contributed by atoms with Crippen molar-refractivity contribution in [2.45, 2.75) is 18.2 Å². The van der Waals surface area contributed by atoms with Crippen molar-refractivity contribution in [3.8, 4) is 5.75 Å². The van der Waals surface area contributed by atoms with E-state index in [1.165, 1.54) is 0 Å². The Balaban J connectivity index is 2.44. The molecule has 1 amide bonds. The number of halogens is 2. The average molecular weight is 319 g/mol. The maximum Gasteiger partial charge on any atom is 0.228 e. The van der Waals surface area contributed by atoms with Gasteiger partial charge in [-0.15, -0.1) is 0 Å². The predicted octanol–water partition coefficient (Wildman–Crippen LogP) is 3.16. The van der Waals surface area contributed by atoms with Crippen LogP contribution in [0.25, 0.3) is 0 Å². The topological polar surface area (TPSA) is 29.5 Å². The summed E-state index contributed by atoms with van der Waals surface area (Å²) >= 11 is 9.51. The van der Waals surface area contributed by atoms with Gasteiger partial charge >= 0.3 is 0 Å². The van der Waals surface area contributed by atoms with Gasteiger partial charge in [-0.2, -0.15) is 0 Å². The van der Waals surface area contributed by atoms with Crippen LogP contribution in [0.2, 0.25) is 5.02 Å². The first-order valence-corrected chi connectivity index (χ1v) is 6.61. The molecule has 1 aliphatic heterocycles. The first-order valence-electron chi connectivity index (χ1n) is 5.31. The lowest BCUT2D eigenvalue weighted by molar-refractivity contribution is -0.117. The Morgan fingerprint density at radius 1 is 1.53 bits per heavy atom. The summed E-state index contributed by atoms with van der Waals surface area (Å²) in [5.74, 6) is 0.738. The fourth-order valence-corrected chi connectivity index (χ4v) is 2.64. The molecule has 0 aliphatic carbocycles. The molecular weight excluding hydrogens is 305 g/mol. The lowest BCUT2D eigenvalue weighted by Gasteiger charge is -2.20. The van der Waals surface area contributed by atoms with Crippen LogP contribution in [0.1, 0.15) is 12.0 Å². The molecule has 1 heterocycles. The van der Waals surface area contributed by atoms with Crippen LogP contribution in [0.15, 0.2) is 12.1 Å². The number of methoxy groups -OCH3 is 1. The Labute approximate surface area is 114 Å². The second-order valence-corrected chi connectivity index (χ2v) is 5.78. The summed E-state index contributed by atoms with van der Waals surface area (Å²) in [5.41, 5.74) is 1.73. The normalized spacial score (nSPS) is 19.9. The SMILES string of the molecule is COc1cc(Cl)c(C)cc1N1CC(Br)CC1=O. The van der Waals surface area contributed by atoms with Crippen molar-refractivity contribution in [3.05, 3.63) is 22.7 Å². The summed E-state index contributed by atoms with van der Waals surface area (Å²) in [6.07, 6.45) is 0.519. The molecule has 0 N–H and O–H groups in total. The van der Waals surface area contributed by atoms with Crippen molar-refractivity contribution in [3.63, 3.8) is 0 Å². The van der Waals surface area contributed by atoms with Crippen molar-refractivity contribution in [1.29, 1.82) is 0 Å². The van der Waals surface area contributed by atoms with Crippen LogP contribution >= 0.6 is 27.5 Å². The third-order valence-electron chi connectivity index (χ3n) is 2.83. The molecule has 1 aromatic carbocycles. The van der Waals surface area contributed by atoms with Gasteiger partial charge in [-0.1, -0.05) is 27.5 Å². The molecule has 92 valence electrons. The minimum Gasteiger partial charge on any atom is -0.495 e. The minimum absolute atomic E-state index is 0.104. The van der Waals surface area contributed by atoms with Crippen LogP contribution in [0.4, 0.5) is 5.69 Å². The van der Waals surface area contributed by atoms with Crippen LogP contribution in [-0.4, -0.2) is 24.4 Å². The van der Waals surface area contributed by atoms with Crippen LogP contribution in [0.3, 0.4) is 0 Å². The summed E-state index contributed by atoms with van der Waals surface area (Å²) in [4.78, 5) is 13.8. The van der Waals surface area contributed by atoms with E-state index in [0.717, 1.165) is 11.3 Å². The van der Waals surface area contributed by atoms with Gasteiger partial charge in [0.2, 0.25) is 5.91 Å². The smallest absolute Gasteiger partial charge is 0.228 e. The monoisotopic (exact) mass is 317 g/mol. The predicted molar refractivity (Wildman–Crippen MR) is 72.4 cm³/mol. The van der Waals surface area contributed by atoms with E-state index in [4.69, 9.17) is 16.3 Å². The number of carbonyl (C=O) groups excluding carboxylic acids is 1. The van der Waals surface area contributed by atoms with Crippen molar-refractivity contribution in [1.82, 2.24) is 0 Å². The molecule has 1 fully saturated rings. The molecule has 1 saturated heterocycles. The highest BCUT2D eigenvalue weighted by molar-refractivity contribution is 9.09. The molecule has 17 heavy (non-hydrogen) atoms. The largest absolute Gasteiger partial charge is 0.495 e. The van der Waals surface area contributed by atoms with E-state index in [1.54, 1.807) is 18.1 Å². The Bertz CT molecular complexity index is 464. The highest BCUT2D eigenvalue weighted by Gasteiger charge is 2.30. The molecular formula is C12H13BrClNO2. The van der Waals surface area contributed by atoms with Crippen molar-refractivity contribution in [2.75, 3.05) is 18.6 Å². The zero-order valence-electron chi connectivity index (χ0n) is 9.67. The molecule has 1 unspecified atom stereocenters. The van der Waals surface area contributed by atoms with E-state index in [2.05, 4.69) is 15.9 Å². The van der Waals surface area contributed by atoms with E-state index in [-0.39, 0.29) is 10.7 Å². The van der Waals surface area contributed by atoms with Gasteiger partial charge in [0.05, 0.1) is 12.8 Å². The number of alkyl halides is 1. The standard InChI is InChI=1S/C12H13BrClNO2/c1-7-3-10(11(17-2)5-9(7)14)15-6-8(13)4-12(15)16/h3,5,8H,4,6H2,1-2H3. The zero-order chi connectivity index (χ0) is 12.6. The lowest BCUT2D eigenvalue weighted by atomic mass is 10.2. The molecule has 3 nitrogen and oxygen atoms in total. The van der Waals surface area contributed by atoms with Gasteiger partial charge < -0.3 is 9.64 Å². The number of nitrogens with zero attached hydrogens (tertiary/aromatic N) is 1. The second kappa shape index (κ2) is 4.86. The number of rotatable bonds is 2. The zero-order valence-corrected chi connectivity index (χ0v) is 12.0. The summed E-state index contributed by atoms with van der Waals surface area (Å²) < 4.78 is 5.28. The van der Waals surface area contributed by atoms with Gasteiger partial charge in [0.25, 0.3) is 0 Å². The Morgan fingerprint density at radius 3 is 2.76 bits per heavy atom. The molecule has 5 heteroatoms. The second-order valence-electron chi connectivity index (χ2n) is 4.08. The molecule has 0 saturated carbocycles. The number of aryl methyl sites for hydroxylation is 1. The highest BCUT2D eigenvalue weighted by atomic mass is 79.9. The van der Waals surface area contributed by atoms with E-state index < -0.39 is 0 Å². The molecule has 0 spiro atoms. The van der Waals surface area contributed by atoms with E-state index >= 15 is 0 Å². The van der Waals surface area contributed by atoms with Gasteiger partial charge in [-0.3, -0.25) is 4.79 Å². The Morgan fingerprint density at radius 2 is 2.24 bits per heavy atom. The number of amides is 1. The quantitative estimate of drug-likeness (QED) is 0.784. The molecule has 0 aromatic heterocycles. The third-order valence-corrected chi connectivity index (χ3v) is 3.85. The molecule has 1 atom stereocenters. The first kappa shape index (κ1) is 12.7. The minimum atomic E-state index is 0.104. The number of hydrogen-bond acceptors (Lipinski definition) is 2. The summed E-state index contributed by atoms with van der Waals surface area (Å²) in [7, 11) is 1.58. The summed E-state index contributed by atoms with van der Waals surface area (Å²) in [6, 6.07) is 3.64. The summed E-state index contributed by atoms with van der Waals surface area (Å²) in [5, 5.41) is 0.646. The molecule has 0 radical (unpaired) electrons. The van der Waals surface area contributed by atoms with Gasteiger partial charge in [-0.25, -0.2) is 0 Å². The number of carbonyl (C=O) groups is 1. The van der Waals surface area contributed by atoms with Gasteiger partial charge in [0, 0.05) is 28.9 Å². The first-order chi connectivity index (χ1) is 8.02. The van der Waals surface area contributed by atoms with Gasteiger partial charge in [-0.05, 0) is 18.6 Å². The van der Waals surface area contributed by atoms with E-state index in [0.29, 0.717) is 23.7 Å². The fraction of sp³-hybridized carbons (Fsp3) is 0.417. The highest BCUT2D eigenvalue weighted by Crippen LogP contribution is 2.36. The number of hydrogen-bond donors (Lipinski definition) is 0. The maximum atomic E-state index is 11.9. The van der Waals surface area contributed by atoms with Gasteiger partial charge in [0.1, 0.15) is 5.75 Å². The Hall–Kier alpha value is -0.740. The number of anilines is 1. The van der Waals surface area contributed by atoms with Crippen molar-refractivity contribution in [2.24, 2.45) is 0 Å². The lowest BCUT2D eigenvalue weighted by Crippen LogP contribution is -2.25. The average Bonchev–Trinajstić information content (AvgIpc) is 2.61. The van der Waals surface area contributed by atoms with E-state index in [1.807, 2.05) is 13.0 Å². The van der Waals surface area contributed by atoms with Crippen LogP contribution in [0.5, 0.6) is 5.75 Å². The molecule has 1 aliphatic rings. The third kappa shape index (κ3) is 2.43. The molecule has 1 aromatic rings. The van der Waals surface area contributed by atoms with E-state index in [9.17, 15) is 4.79 Å². The molecule has 0 bridgehead atoms. The summed E-state index contributed by atoms with van der Waals surface area (Å²) in [6.45, 7) is 2.58. The van der Waals surface area contributed by atoms with Crippen LogP contribution < -0.4 is 9.64 Å². The fourth-order valence-electron chi connectivity index (χ4n) is 1.92. The van der Waals surface area contributed by atoms with Crippen molar-refractivity contribution < 1.29 is 9.53 Å². The Kier molecular flexibility index (Phi) is 3.64. The maximum absolute atomic E-state index is 11.9. The van der Waals surface area contributed by atoms with Crippen molar-refractivity contribution >= 4 is 39.1 Å². The van der Waals surface area contributed by atoms with Crippen LogP contribution in [0, 0.1) is 6.92 Å². The van der Waals surface area contributed by atoms with Crippen LogP contribution in [-0.2, 0) is 4.79 Å². The number of ether oxygens (including phenoxy) is 1.